The Bertz CT molecular complexity index is 532. The SMILES string of the molecule is Cc1cc(Br)cc(-c2cc(I)cc(CO)c2)c1. The van der Waals surface area contributed by atoms with Gasteiger partial charge in [0.1, 0.15) is 0 Å². The molecule has 0 unspecified atom stereocenters. The van der Waals surface area contributed by atoms with E-state index in [0.29, 0.717) is 0 Å². The van der Waals surface area contributed by atoms with Crippen LogP contribution in [0.3, 0.4) is 0 Å². The largest absolute Gasteiger partial charge is 0.392 e. The predicted molar refractivity (Wildman–Crippen MR) is 83.0 cm³/mol. The van der Waals surface area contributed by atoms with Crippen molar-refractivity contribution in [2.45, 2.75) is 13.5 Å². The highest BCUT2D eigenvalue weighted by atomic mass is 127. The van der Waals surface area contributed by atoms with E-state index in [1.54, 1.807) is 0 Å². The number of rotatable bonds is 2. The fraction of sp³-hybridized carbons (Fsp3) is 0.143. The van der Waals surface area contributed by atoms with Gasteiger partial charge in [0.25, 0.3) is 0 Å². The third kappa shape index (κ3) is 3.30. The van der Waals surface area contributed by atoms with Crippen LogP contribution in [0.1, 0.15) is 11.1 Å². The third-order valence-electron chi connectivity index (χ3n) is 2.52. The van der Waals surface area contributed by atoms with Crippen molar-refractivity contribution in [3.05, 3.63) is 55.6 Å². The van der Waals surface area contributed by atoms with Crippen LogP contribution in [-0.4, -0.2) is 5.11 Å². The minimum Gasteiger partial charge on any atom is -0.392 e. The highest BCUT2D eigenvalue weighted by Crippen LogP contribution is 2.27. The number of aryl methyl sites for hydroxylation is 1. The Morgan fingerprint density at radius 3 is 2.41 bits per heavy atom. The lowest BCUT2D eigenvalue weighted by molar-refractivity contribution is 0.282. The lowest BCUT2D eigenvalue weighted by atomic mass is 10.0. The zero-order chi connectivity index (χ0) is 12.4. The molecule has 2 rings (SSSR count). The Hall–Kier alpha value is -0.390. The molecule has 0 radical (unpaired) electrons. The lowest BCUT2D eigenvalue weighted by Gasteiger charge is -2.07. The molecule has 0 atom stereocenters. The second kappa shape index (κ2) is 5.50. The first-order chi connectivity index (χ1) is 8.08. The van der Waals surface area contributed by atoms with Crippen molar-refractivity contribution in [1.82, 2.24) is 0 Å². The minimum absolute atomic E-state index is 0.0802. The highest BCUT2D eigenvalue weighted by molar-refractivity contribution is 14.1. The van der Waals surface area contributed by atoms with Gasteiger partial charge in [0.2, 0.25) is 0 Å². The van der Waals surface area contributed by atoms with Crippen molar-refractivity contribution in [2.75, 3.05) is 0 Å². The molecule has 0 aliphatic carbocycles. The summed E-state index contributed by atoms with van der Waals surface area (Å²) in [4.78, 5) is 0. The van der Waals surface area contributed by atoms with Crippen molar-refractivity contribution < 1.29 is 5.11 Å². The van der Waals surface area contributed by atoms with E-state index >= 15 is 0 Å². The smallest absolute Gasteiger partial charge is 0.0682 e. The molecule has 0 saturated carbocycles. The van der Waals surface area contributed by atoms with Gasteiger partial charge in [-0.2, -0.15) is 0 Å². The van der Waals surface area contributed by atoms with Crippen LogP contribution in [0.4, 0.5) is 0 Å². The van der Waals surface area contributed by atoms with Gasteiger partial charge in [-0.25, -0.2) is 0 Å². The molecule has 2 aromatic rings. The van der Waals surface area contributed by atoms with Crippen LogP contribution in [0, 0.1) is 10.5 Å². The van der Waals surface area contributed by atoms with E-state index in [-0.39, 0.29) is 6.61 Å². The van der Waals surface area contributed by atoms with Crippen LogP contribution >= 0.6 is 38.5 Å². The van der Waals surface area contributed by atoms with Crippen molar-refractivity contribution in [1.29, 1.82) is 0 Å². The average Bonchev–Trinajstić information content (AvgIpc) is 2.26. The molecule has 0 saturated heterocycles. The van der Waals surface area contributed by atoms with Gasteiger partial charge in [-0.05, 0) is 82.1 Å². The number of hydrogen-bond donors (Lipinski definition) is 1. The second-order valence-electron chi connectivity index (χ2n) is 4.02. The van der Waals surface area contributed by atoms with Gasteiger partial charge in [0.05, 0.1) is 6.61 Å². The normalized spacial score (nSPS) is 10.6. The first kappa shape index (κ1) is 13.1. The van der Waals surface area contributed by atoms with E-state index in [1.165, 1.54) is 11.1 Å². The summed E-state index contributed by atoms with van der Waals surface area (Å²) in [6.45, 7) is 2.16. The molecule has 0 heterocycles. The van der Waals surface area contributed by atoms with Crippen LogP contribution < -0.4 is 0 Å². The zero-order valence-electron chi connectivity index (χ0n) is 9.37. The molecule has 0 bridgehead atoms. The summed E-state index contributed by atoms with van der Waals surface area (Å²) < 4.78 is 2.22. The van der Waals surface area contributed by atoms with Gasteiger partial charge in [-0.3, -0.25) is 0 Å². The van der Waals surface area contributed by atoms with Crippen LogP contribution in [-0.2, 0) is 6.61 Å². The van der Waals surface area contributed by atoms with E-state index in [0.717, 1.165) is 19.2 Å². The number of halogens is 2. The van der Waals surface area contributed by atoms with Gasteiger partial charge in [0.15, 0.2) is 0 Å². The molecule has 0 fully saturated rings. The molecule has 0 aliphatic rings. The summed E-state index contributed by atoms with van der Waals surface area (Å²) in [5.41, 5.74) is 4.48. The van der Waals surface area contributed by atoms with E-state index in [2.05, 4.69) is 69.7 Å². The molecule has 88 valence electrons. The van der Waals surface area contributed by atoms with E-state index in [4.69, 9.17) is 0 Å². The number of benzene rings is 2. The highest BCUT2D eigenvalue weighted by Gasteiger charge is 2.03. The molecule has 1 nitrogen and oxygen atoms in total. The summed E-state index contributed by atoms with van der Waals surface area (Å²) in [5.74, 6) is 0. The molecule has 0 spiro atoms. The minimum atomic E-state index is 0.0802. The molecule has 0 aliphatic heterocycles. The third-order valence-corrected chi connectivity index (χ3v) is 3.60. The molecular weight excluding hydrogens is 391 g/mol. The van der Waals surface area contributed by atoms with Crippen molar-refractivity contribution in [3.63, 3.8) is 0 Å². The van der Waals surface area contributed by atoms with Crippen LogP contribution in [0.25, 0.3) is 11.1 Å². The van der Waals surface area contributed by atoms with Gasteiger partial charge >= 0.3 is 0 Å². The lowest BCUT2D eigenvalue weighted by Crippen LogP contribution is -1.88. The summed E-state index contributed by atoms with van der Waals surface area (Å²) >= 11 is 5.79. The summed E-state index contributed by atoms with van der Waals surface area (Å²) in [7, 11) is 0. The van der Waals surface area contributed by atoms with Crippen molar-refractivity contribution >= 4 is 38.5 Å². The number of aliphatic hydroxyl groups excluding tert-OH is 1. The van der Waals surface area contributed by atoms with E-state index in [1.807, 2.05) is 12.1 Å². The van der Waals surface area contributed by atoms with E-state index < -0.39 is 0 Å². The first-order valence-electron chi connectivity index (χ1n) is 5.26. The molecule has 0 aromatic heterocycles. The molecule has 0 amide bonds. The van der Waals surface area contributed by atoms with Gasteiger partial charge < -0.3 is 5.11 Å². The molecule has 1 N–H and O–H groups in total. The topological polar surface area (TPSA) is 20.2 Å². The Kier molecular flexibility index (Phi) is 4.22. The Labute approximate surface area is 123 Å². The predicted octanol–water partition coefficient (Wildman–Crippen LogP) is 4.52. The van der Waals surface area contributed by atoms with Crippen LogP contribution in [0.2, 0.25) is 0 Å². The molecular formula is C14H12BrIO. The molecule has 3 heteroatoms. The van der Waals surface area contributed by atoms with Crippen LogP contribution in [0.15, 0.2) is 40.9 Å². The zero-order valence-corrected chi connectivity index (χ0v) is 13.1. The Morgan fingerprint density at radius 1 is 1.06 bits per heavy atom. The van der Waals surface area contributed by atoms with Crippen molar-refractivity contribution in [3.8, 4) is 11.1 Å². The van der Waals surface area contributed by atoms with E-state index in [9.17, 15) is 5.11 Å². The van der Waals surface area contributed by atoms with Gasteiger partial charge in [-0.15, -0.1) is 0 Å². The average molecular weight is 403 g/mol. The second-order valence-corrected chi connectivity index (χ2v) is 6.18. The van der Waals surface area contributed by atoms with Crippen LogP contribution in [0.5, 0.6) is 0 Å². The Morgan fingerprint density at radius 2 is 1.76 bits per heavy atom. The summed E-state index contributed by atoms with van der Waals surface area (Å²) in [6, 6.07) is 12.5. The van der Waals surface area contributed by atoms with Crippen molar-refractivity contribution in [2.24, 2.45) is 0 Å². The maximum absolute atomic E-state index is 9.23. The molecule has 2 aromatic carbocycles. The quantitative estimate of drug-likeness (QED) is 0.732. The standard InChI is InChI=1S/C14H12BrIO/c1-9-2-11(6-13(15)3-9)12-4-10(8-17)5-14(16)7-12/h2-7,17H,8H2,1H3. The summed E-state index contributed by atoms with van der Waals surface area (Å²) in [6.07, 6.45) is 0. The Balaban J connectivity index is 2.55. The monoisotopic (exact) mass is 402 g/mol. The summed E-state index contributed by atoms with van der Waals surface area (Å²) in [5, 5.41) is 9.23. The fourth-order valence-electron chi connectivity index (χ4n) is 1.81. The van der Waals surface area contributed by atoms with Gasteiger partial charge in [-0.1, -0.05) is 22.0 Å². The first-order valence-corrected chi connectivity index (χ1v) is 7.13. The molecule has 17 heavy (non-hydrogen) atoms. The fourth-order valence-corrected chi connectivity index (χ4v) is 3.15. The number of aliphatic hydroxyl groups is 1. The maximum atomic E-state index is 9.23. The van der Waals surface area contributed by atoms with Gasteiger partial charge in [0, 0.05) is 8.04 Å². The number of hydrogen-bond acceptors (Lipinski definition) is 1. The maximum Gasteiger partial charge on any atom is 0.0682 e.